The number of nitrogens with one attached hydrogen (secondary N) is 1. The van der Waals surface area contributed by atoms with E-state index in [9.17, 15) is 9.59 Å². The molecule has 3 rings (SSSR count). The van der Waals surface area contributed by atoms with Crippen molar-refractivity contribution < 1.29 is 19.4 Å². The van der Waals surface area contributed by atoms with Gasteiger partial charge >= 0.3 is 5.97 Å². The monoisotopic (exact) mass is 341 g/mol. The first-order valence-electron chi connectivity index (χ1n) is 8.72. The molecule has 0 bridgehead atoms. The van der Waals surface area contributed by atoms with Gasteiger partial charge < -0.3 is 15.2 Å². The summed E-state index contributed by atoms with van der Waals surface area (Å²) in [5, 5.41) is 14.1. The van der Waals surface area contributed by atoms with Gasteiger partial charge in [-0.25, -0.2) is 0 Å². The van der Waals surface area contributed by atoms with Gasteiger partial charge in [0.15, 0.2) is 6.10 Å². The molecule has 5 nitrogen and oxygen atoms in total. The number of carbonyl (C=O) groups is 2. The van der Waals surface area contributed by atoms with E-state index < -0.39 is 12.1 Å². The van der Waals surface area contributed by atoms with E-state index in [4.69, 9.17) is 9.84 Å². The van der Waals surface area contributed by atoms with Gasteiger partial charge in [-0.1, -0.05) is 36.4 Å². The van der Waals surface area contributed by atoms with Crippen molar-refractivity contribution in [1.29, 1.82) is 0 Å². The van der Waals surface area contributed by atoms with Crippen molar-refractivity contribution >= 4 is 22.6 Å². The Morgan fingerprint density at radius 2 is 1.76 bits per heavy atom. The molecule has 1 amide bonds. The van der Waals surface area contributed by atoms with Crippen LogP contribution >= 0.6 is 0 Å². The van der Waals surface area contributed by atoms with Crippen molar-refractivity contribution in [2.24, 2.45) is 5.92 Å². The quantitative estimate of drug-likeness (QED) is 0.874. The van der Waals surface area contributed by atoms with Crippen molar-refractivity contribution in [2.75, 3.05) is 0 Å². The van der Waals surface area contributed by atoms with Gasteiger partial charge in [-0.2, -0.15) is 0 Å². The zero-order valence-corrected chi connectivity index (χ0v) is 14.3. The maximum Gasteiger partial charge on any atom is 0.306 e. The molecule has 1 fully saturated rings. The summed E-state index contributed by atoms with van der Waals surface area (Å²) < 4.78 is 5.88. The van der Waals surface area contributed by atoms with E-state index in [0.29, 0.717) is 31.4 Å². The Labute approximate surface area is 147 Å². The molecule has 132 valence electrons. The van der Waals surface area contributed by atoms with Crippen molar-refractivity contribution in [3.05, 3.63) is 42.5 Å². The summed E-state index contributed by atoms with van der Waals surface area (Å²) in [4.78, 5) is 23.4. The fraction of sp³-hybridized carbons (Fsp3) is 0.400. The number of hydrogen-bond acceptors (Lipinski definition) is 3. The molecule has 0 aliphatic heterocycles. The molecule has 5 heteroatoms. The van der Waals surface area contributed by atoms with E-state index >= 15 is 0 Å². The van der Waals surface area contributed by atoms with Crippen molar-refractivity contribution in [3.63, 3.8) is 0 Å². The predicted octanol–water partition coefficient (Wildman–Crippen LogP) is 3.37. The largest absolute Gasteiger partial charge is 0.481 e. The van der Waals surface area contributed by atoms with E-state index in [1.165, 1.54) is 0 Å². The Hall–Kier alpha value is -2.56. The van der Waals surface area contributed by atoms with Crippen molar-refractivity contribution in [2.45, 2.75) is 44.8 Å². The number of carbonyl (C=O) groups excluding carboxylic acids is 1. The number of carboxylic acid groups (broad SMARTS) is 1. The van der Waals surface area contributed by atoms with Crippen LogP contribution in [0.15, 0.2) is 42.5 Å². The minimum atomic E-state index is -0.738. The topological polar surface area (TPSA) is 75.6 Å². The highest BCUT2D eigenvalue weighted by Crippen LogP contribution is 2.27. The number of carboxylic acids is 1. The molecule has 0 spiro atoms. The number of fused-ring (bicyclic) bond motifs is 1. The Kier molecular flexibility index (Phi) is 5.22. The maximum absolute atomic E-state index is 12.4. The van der Waals surface area contributed by atoms with Crippen molar-refractivity contribution in [1.82, 2.24) is 5.32 Å². The highest BCUT2D eigenvalue weighted by molar-refractivity contribution is 5.89. The third kappa shape index (κ3) is 4.10. The summed E-state index contributed by atoms with van der Waals surface area (Å²) in [5.74, 6) is -0.489. The molecule has 2 aromatic rings. The highest BCUT2D eigenvalue weighted by Gasteiger charge is 2.28. The zero-order valence-electron chi connectivity index (χ0n) is 14.3. The number of amides is 1. The summed E-state index contributed by atoms with van der Waals surface area (Å²) in [5.41, 5.74) is 0. The van der Waals surface area contributed by atoms with Crippen LogP contribution in [0, 0.1) is 5.92 Å². The van der Waals surface area contributed by atoms with Gasteiger partial charge in [0.25, 0.3) is 5.91 Å². The SMILES string of the molecule is CC(Oc1cccc2ccccc12)C(=O)NC1CCC(C(=O)O)CC1. The lowest BCUT2D eigenvalue weighted by Gasteiger charge is -2.28. The number of ether oxygens (including phenoxy) is 1. The molecule has 1 aliphatic rings. The Morgan fingerprint density at radius 3 is 2.48 bits per heavy atom. The molecular weight excluding hydrogens is 318 g/mol. The fourth-order valence-electron chi connectivity index (χ4n) is 3.35. The lowest BCUT2D eigenvalue weighted by molar-refractivity contribution is -0.142. The van der Waals surface area contributed by atoms with Crippen LogP contribution in [-0.2, 0) is 9.59 Å². The molecule has 0 heterocycles. The lowest BCUT2D eigenvalue weighted by Crippen LogP contribution is -2.44. The molecule has 0 aromatic heterocycles. The van der Waals surface area contributed by atoms with Crippen LogP contribution in [0.1, 0.15) is 32.6 Å². The molecule has 1 atom stereocenters. The Balaban J connectivity index is 1.59. The molecule has 2 N–H and O–H groups in total. The van der Waals surface area contributed by atoms with Crippen LogP contribution in [0.2, 0.25) is 0 Å². The molecule has 2 aromatic carbocycles. The number of rotatable bonds is 5. The summed E-state index contributed by atoms with van der Waals surface area (Å²) >= 11 is 0. The maximum atomic E-state index is 12.4. The molecule has 0 saturated heterocycles. The van der Waals surface area contributed by atoms with Gasteiger partial charge in [0.05, 0.1) is 5.92 Å². The van der Waals surface area contributed by atoms with Gasteiger partial charge in [0.1, 0.15) is 5.75 Å². The summed E-state index contributed by atoms with van der Waals surface area (Å²) in [6.45, 7) is 1.74. The fourth-order valence-corrected chi connectivity index (χ4v) is 3.35. The van der Waals surface area contributed by atoms with E-state index in [0.717, 1.165) is 10.8 Å². The molecule has 0 radical (unpaired) electrons. The van der Waals surface area contributed by atoms with Gasteiger partial charge in [-0.15, -0.1) is 0 Å². The normalized spacial score (nSPS) is 21.5. The van der Waals surface area contributed by atoms with Gasteiger partial charge in [-0.3, -0.25) is 9.59 Å². The van der Waals surface area contributed by atoms with E-state index in [-0.39, 0.29) is 17.9 Å². The average Bonchev–Trinajstić information content (AvgIpc) is 2.62. The third-order valence-corrected chi connectivity index (χ3v) is 4.85. The third-order valence-electron chi connectivity index (χ3n) is 4.85. The van der Waals surface area contributed by atoms with Gasteiger partial charge in [0.2, 0.25) is 0 Å². The molecule has 1 aliphatic carbocycles. The summed E-state index contributed by atoms with van der Waals surface area (Å²) in [6.07, 6.45) is 2.01. The molecule has 25 heavy (non-hydrogen) atoms. The second kappa shape index (κ2) is 7.55. The minimum Gasteiger partial charge on any atom is -0.481 e. The van der Waals surface area contributed by atoms with Crippen LogP contribution in [0.25, 0.3) is 10.8 Å². The van der Waals surface area contributed by atoms with Crippen LogP contribution < -0.4 is 10.1 Å². The zero-order chi connectivity index (χ0) is 17.8. The number of benzene rings is 2. The second-order valence-electron chi connectivity index (χ2n) is 6.63. The number of hydrogen-bond donors (Lipinski definition) is 2. The first-order chi connectivity index (χ1) is 12.0. The molecular formula is C20H23NO4. The van der Waals surface area contributed by atoms with Crippen molar-refractivity contribution in [3.8, 4) is 5.75 Å². The first kappa shape index (κ1) is 17.3. The van der Waals surface area contributed by atoms with Crippen LogP contribution in [-0.4, -0.2) is 29.1 Å². The lowest BCUT2D eigenvalue weighted by atomic mass is 9.86. The smallest absolute Gasteiger partial charge is 0.306 e. The van der Waals surface area contributed by atoms with Crippen LogP contribution in [0.4, 0.5) is 0 Å². The Bertz CT molecular complexity index is 760. The van der Waals surface area contributed by atoms with Crippen LogP contribution in [0.5, 0.6) is 5.75 Å². The van der Waals surface area contributed by atoms with Gasteiger partial charge in [-0.05, 0) is 44.1 Å². The summed E-state index contributed by atoms with van der Waals surface area (Å²) in [7, 11) is 0. The standard InChI is InChI=1S/C20H23NO4/c1-13(19(22)21-16-11-9-15(10-12-16)20(23)24)25-18-8-4-6-14-5-2-3-7-17(14)18/h2-8,13,15-16H,9-12H2,1H3,(H,21,22)(H,23,24). The van der Waals surface area contributed by atoms with Crippen LogP contribution in [0.3, 0.4) is 0 Å². The van der Waals surface area contributed by atoms with E-state index in [1.807, 2.05) is 42.5 Å². The predicted molar refractivity (Wildman–Crippen MR) is 95.6 cm³/mol. The Morgan fingerprint density at radius 1 is 1.08 bits per heavy atom. The van der Waals surface area contributed by atoms with E-state index in [2.05, 4.69) is 5.32 Å². The average molecular weight is 341 g/mol. The first-order valence-corrected chi connectivity index (χ1v) is 8.72. The van der Waals surface area contributed by atoms with Gasteiger partial charge in [0, 0.05) is 11.4 Å². The molecule has 1 saturated carbocycles. The minimum absolute atomic E-state index is 0.0293. The number of aliphatic carboxylic acids is 1. The highest BCUT2D eigenvalue weighted by atomic mass is 16.5. The summed E-state index contributed by atoms with van der Waals surface area (Å²) in [6, 6.07) is 13.7. The second-order valence-corrected chi connectivity index (χ2v) is 6.63. The van der Waals surface area contributed by atoms with E-state index in [1.54, 1.807) is 6.92 Å². The molecule has 1 unspecified atom stereocenters.